The molecule has 1 fully saturated rings. The van der Waals surface area contributed by atoms with E-state index in [9.17, 15) is 9.59 Å². The minimum atomic E-state index is -0.268. The van der Waals surface area contributed by atoms with Crippen molar-refractivity contribution in [1.82, 2.24) is 9.78 Å². The third-order valence-corrected chi connectivity index (χ3v) is 5.70. The molecular formula is C21H22N4O2S. The number of carbonyl (C=O) groups excluding carboxylic acids is 1. The molecule has 0 bridgehead atoms. The summed E-state index contributed by atoms with van der Waals surface area (Å²) in [6.07, 6.45) is 0. The van der Waals surface area contributed by atoms with Crippen LogP contribution in [0.2, 0.25) is 0 Å². The zero-order chi connectivity index (χ0) is 19.5. The second-order valence-electron chi connectivity index (χ2n) is 6.85. The first-order valence-corrected chi connectivity index (χ1v) is 10.5. The van der Waals surface area contributed by atoms with Crippen molar-refractivity contribution in [2.45, 2.75) is 13.5 Å². The van der Waals surface area contributed by atoms with Gasteiger partial charge in [0.05, 0.1) is 5.39 Å². The molecule has 0 unspecified atom stereocenters. The van der Waals surface area contributed by atoms with Crippen LogP contribution in [0.15, 0.2) is 53.3 Å². The van der Waals surface area contributed by atoms with E-state index >= 15 is 0 Å². The van der Waals surface area contributed by atoms with Crippen molar-refractivity contribution in [3.63, 3.8) is 0 Å². The SMILES string of the molecule is Cc1cccc(NC(=O)Cn2nc(N3CCSCC3)c3ccccc3c2=O)c1. The number of fused-ring (bicyclic) bond motifs is 1. The molecule has 144 valence electrons. The summed E-state index contributed by atoms with van der Waals surface area (Å²) in [7, 11) is 0. The molecule has 1 aliphatic heterocycles. The standard InChI is InChI=1S/C21H22N4O2S/c1-15-5-4-6-16(13-15)22-19(26)14-25-21(27)18-8-3-2-7-17(18)20(23-25)24-9-11-28-12-10-24/h2-8,13H,9-12,14H2,1H3,(H,22,26). The fourth-order valence-corrected chi connectivity index (χ4v) is 4.30. The number of amides is 1. The maximum atomic E-state index is 12.9. The van der Waals surface area contributed by atoms with Crippen molar-refractivity contribution in [3.05, 3.63) is 64.4 Å². The number of nitrogens with zero attached hydrogens (tertiary/aromatic N) is 3. The summed E-state index contributed by atoms with van der Waals surface area (Å²) in [5.41, 5.74) is 1.53. The highest BCUT2D eigenvalue weighted by atomic mass is 32.2. The number of hydrogen-bond acceptors (Lipinski definition) is 5. The van der Waals surface area contributed by atoms with Gasteiger partial charge in [-0.05, 0) is 30.7 Å². The minimum absolute atomic E-state index is 0.118. The van der Waals surface area contributed by atoms with E-state index in [-0.39, 0.29) is 18.0 Å². The van der Waals surface area contributed by atoms with Crippen LogP contribution in [0.3, 0.4) is 0 Å². The number of hydrogen-bond donors (Lipinski definition) is 1. The molecule has 0 radical (unpaired) electrons. The van der Waals surface area contributed by atoms with Crippen LogP contribution >= 0.6 is 11.8 Å². The topological polar surface area (TPSA) is 67.2 Å². The number of carbonyl (C=O) groups is 1. The van der Waals surface area contributed by atoms with Gasteiger partial charge in [0, 0.05) is 35.7 Å². The van der Waals surface area contributed by atoms with E-state index in [1.54, 1.807) is 6.07 Å². The molecule has 0 saturated carbocycles. The normalized spacial score (nSPS) is 14.2. The number of thioether (sulfide) groups is 1. The Kier molecular flexibility index (Phi) is 5.34. The fourth-order valence-electron chi connectivity index (χ4n) is 3.39. The third kappa shape index (κ3) is 3.89. The quantitative estimate of drug-likeness (QED) is 0.737. The first-order chi connectivity index (χ1) is 13.6. The smallest absolute Gasteiger partial charge is 0.275 e. The zero-order valence-electron chi connectivity index (χ0n) is 15.7. The lowest BCUT2D eigenvalue weighted by Crippen LogP contribution is -2.37. The lowest BCUT2D eigenvalue weighted by molar-refractivity contribution is -0.117. The number of aryl methyl sites for hydroxylation is 1. The number of nitrogens with one attached hydrogen (secondary N) is 1. The monoisotopic (exact) mass is 394 g/mol. The lowest BCUT2D eigenvalue weighted by atomic mass is 10.1. The van der Waals surface area contributed by atoms with Gasteiger partial charge in [0.2, 0.25) is 5.91 Å². The molecule has 4 rings (SSSR count). The Morgan fingerprint density at radius 3 is 2.61 bits per heavy atom. The van der Waals surface area contributed by atoms with Gasteiger partial charge in [-0.15, -0.1) is 0 Å². The Labute approximate surface area is 167 Å². The molecule has 1 amide bonds. The van der Waals surface area contributed by atoms with Gasteiger partial charge in [0.15, 0.2) is 5.82 Å². The van der Waals surface area contributed by atoms with Crippen molar-refractivity contribution in [1.29, 1.82) is 0 Å². The summed E-state index contributed by atoms with van der Waals surface area (Å²) in [4.78, 5) is 27.6. The summed E-state index contributed by atoms with van der Waals surface area (Å²) >= 11 is 1.92. The molecule has 1 aromatic heterocycles. The highest BCUT2D eigenvalue weighted by Gasteiger charge is 2.19. The summed E-state index contributed by atoms with van der Waals surface area (Å²) in [6, 6.07) is 15.1. The Morgan fingerprint density at radius 2 is 1.86 bits per heavy atom. The predicted molar refractivity (Wildman–Crippen MR) is 115 cm³/mol. The zero-order valence-corrected chi connectivity index (χ0v) is 16.5. The van der Waals surface area contributed by atoms with Gasteiger partial charge >= 0.3 is 0 Å². The second kappa shape index (κ2) is 8.06. The summed E-state index contributed by atoms with van der Waals surface area (Å²) < 4.78 is 1.28. The fraction of sp³-hybridized carbons (Fsp3) is 0.286. The van der Waals surface area contributed by atoms with Gasteiger partial charge in [-0.25, -0.2) is 4.68 Å². The number of anilines is 2. The van der Waals surface area contributed by atoms with Crippen LogP contribution in [0, 0.1) is 6.92 Å². The van der Waals surface area contributed by atoms with E-state index in [4.69, 9.17) is 0 Å². The molecule has 0 spiro atoms. The molecule has 6 nitrogen and oxygen atoms in total. The van der Waals surface area contributed by atoms with Crippen molar-refractivity contribution in [3.8, 4) is 0 Å². The highest BCUT2D eigenvalue weighted by molar-refractivity contribution is 7.99. The molecule has 2 heterocycles. The van der Waals surface area contributed by atoms with Crippen LogP contribution in [-0.2, 0) is 11.3 Å². The largest absolute Gasteiger partial charge is 0.353 e. The van der Waals surface area contributed by atoms with Crippen LogP contribution in [0.4, 0.5) is 11.5 Å². The van der Waals surface area contributed by atoms with Gasteiger partial charge in [-0.2, -0.15) is 16.9 Å². The van der Waals surface area contributed by atoms with E-state index in [2.05, 4.69) is 15.3 Å². The highest BCUT2D eigenvalue weighted by Crippen LogP contribution is 2.24. The van der Waals surface area contributed by atoms with E-state index in [0.29, 0.717) is 11.1 Å². The molecule has 0 atom stereocenters. The predicted octanol–water partition coefficient (Wildman–Crippen LogP) is 2.90. The van der Waals surface area contributed by atoms with E-state index in [0.717, 1.165) is 41.4 Å². The Hall–Kier alpha value is -2.80. The summed E-state index contributed by atoms with van der Waals surface area (Å²) in [5, 5.41) is 8.87. The molecular weight excluding hydrogens is 372 g/mol. The second-order valence-corrected chi connectivity index (χ2v) is 8.07. The molecule has 7 heteroatoms. The van der Waals surface area contributed by atoms with Crippen molar-refractivity contribution in [2.24, 2.45) is 0 Å². The van der Waals surface area contributed by atoms with Crippen LogP contribution < -0.4 is 15.8 Å². The average Bonchev–Trinajstić information content (AvgIpc) is 2.71. The molecule has 0 aliphatic carbocycles. The minimum Gasteiger partial charge on any atom is -0.353 e. The maximum Gasteiger partial charge on any atom is 0.275 e. The number of aromatic nitrogens is 2. The van der Waals surface area contributed by atoms with Crippen LogP contribution in [-0.4, -0.2) is 40.3 Å². The van der Waals surface area contributed by atoms with Crippen LogP contribution in [0.25, 0.3) is 10.8 Å². The van der Waals surface area contributed by atoms with E-state index in [1.807, 2.05) is 61.2 Å². The van der Waals surface area contributed by atoms with Crippen molar-refractivity contribution in [2.75, 3.05) is 34.8 Å². The first-order valence-electron chi connectivity index (χ1n) is 9.31. The van der Waals surface area contributed by atoms with Crippen LogP contribution in [0.5, 0.6) is 0 Å². The van der Waals surface area contributed by atoms with Crippen LogP contribution in [0.1, 0.15) is 5.56 Å². The van der Waals surface area contributed by atoms with Crippen molar-refractivity contribution < 1.29 is 4.79 Å². The van der Waals surface area contributed by atoms with Gasteiger partial charge < -0.3 is 10.2 Å². The first kappa shape index (κ1) is 18.6. The number of rotatable bonds is 4. The van der Waals surface area contributed by atoms with E-state index in [1.165, 1.54) is 4.68 Å². The summed E-state index contributed by atoms with van der Waals surface area (Å²) in [5.74, 6) is 2.57. The Bertz CT molecular complexity index is 1070. The molecule has 3 aromatic rings. The van der Waals surface area contributed by atoms with Crippen molar-refractivity contribution >= 4 is 39.9 Å². The average molecular weight is 395 g/mol. The molecule has 1 aliphatic rings. The third-order valence-electron chi connectivity index (χ3n) is 4.75. The molecule has 2 aromatic carbocycles. The Balaban J connectivity index is 1.67. The molecule has 1 saturated heterocycles. The van der Waals surface area contributed by atoms with Gasteiger partial charge in [-0.3, -0.25) is 9.59 Å². The van der Waals surface area contributed by atoms with Gasteiger partial charge in [0.1, 0.15) is 6.54 Å². The number of benzene rings is 2. The maximum absolute atomic E-state index is 12.9. The van der Waals surface area contributed by atoms with E-state index < -0.39 is 0 Å². The van der Waals surface area contributed by atoms with Gasteiger partial charge in [0.25, 0.3) is 5.56 Å². The summed E-state index contributed by atoms with van der Waals surface area (Å²) in [6.45, 7) is 3.62. The van der Waals surface area contributed by atoms with Gasteiger partial charge in [-0.1, -0.05) is 30.3 Å². The molecule has 28 heavy (non-hydrogen) atoms. The lowest BCUT2D eigenvalue weighted by Gasteiger charge is -2.28. The molecule has 1 N–H and O–H groups in total. The Morgan fingerprint density at radius 1 is 1.11 bits per heavy atom.